The van der Waals surface area contributed by atoms with Crippen LogP contribution >= 0.6 is 11.8 Å². The zero-order valence-electron chi connectivity index (χ0n) is 13.2. The number of aryl methyl sites for hydroxylation is 1. The fourth-order valence-corrected chi connectivity index (χ4v) is 2.92. The van der Waals surface area contributed by atoms with Crippen molar-refractivity contribution in [2.45, 2.75) is 11.8 Å². The Kier molecular flexibility index (Phi) is 5.28. The van der Waals surface area contributed by atoms with Crippen LogP contribution in [0.25, 0.3) is 11.5 Å². The van der Waals surface area contributed by atoms with Gasteiger partial charge in [0, 0.05) is 28.3 Å². The summed E-state index contributed by atoms with van der Waals surface area (Å²) in [4.78, 5) is 17.5. The van der Waals surface area contributed by atoms with E-state index in [2.05, 4.69) is 27.6 Å². The lowest BCUT2D eigenvalue weighted by atomic mass is 10.1. The van der Waals surface area contributed by atoms with E-state index in [-0.39, 0.29) is 5.91 Å². The second-order valence-electron chi connectivity index (χ2n) is 5.14. The standard InChI is InChI=1S/C18H17N3O2S/c1-13-20-18(23-21-13)15-9-7-14(8-10-15)17(22)19-11-12-24-16-5-3-2-4-6-16/h2-10H,11-12H2,1H3,(H,19,22). The van der Waals surface area contributed by atoms with E-state index in [1.165, 1.54) is 4.90 Å². The molecule has 1 aromatic heterocycles. The van der Waals surface area contributed by atoms with Crippen molar-refractivity contribution < 1.29 is 9.32 Å². The molecule has 5 nitrogen and oxygen atoms in total. The Hall–Kier alpha value is -2.60. The van der Waals surface area contributed by atoms with Gasteiger partial charge in [0.15, 0.2) is 5.82 Å². The van der Waals surface area contributed by atoms with Crippen LogP contribution in [0.15, 0.2) is 64.0 Å². The number of nitrogens with zero attached hydrogens (tertiary/aromatic N) is 2. The van der Waals surface area contributed by atoms with Gasteiger partial charge in [-0.05, 0) is 43.3 Å². The van der Waals surface area contributed by atoms with E-state index in [0.29, 0.717) is 23.8 Å². The van der Waals surface area contributed by atoms with Gasteiger partial charge in [-0.25, -0.2) is 0 Å². The molecule has 0 aliphatic carbocycles. The number of hydrogen-bond acceptors (Lipinski definition) is 5. The Balaban J connectivity index is 1.50. The lowest BCUT2D eigenvalue weighted by molar-refractivity contribution is 0.0956. The molecule has 122 valence electrons. The van der Waals surface area contributed by atoms with Crippen LogP contribution in [0.3, 0.4) is 0 Å². The molecule has 0 saturated heterocycles. The first kappa shape index (κ1) is 16.3. The van der Waals surface area contributed by atoms with Crippen LogP contribution in [0.1, 0.15) is 16.2 Å². The number of rotatable bonds is 6. The van der Waals surface area contributed by atoms with E-state index in [9.17, 15) is 4.79 Å². The minimum atomic E-state index is -0.0862. The summed E-state index contributed by atoms with van der Waals surface area (Å²) >= 11 is 1.72. The van der Waals surface area contributed by atoms with Gasteiger partial charge in [0.1, 0.15) is 0 Å². The smallest absolute Gasteiger partial charge is 0.257 e. The third-order valence-electron chi connectivity index (χ3n) is 3.32. The van der Waals surface area contributed by atoms with Gasteiger partial charge in [-0.1, -0.05) is 23.4 Å². The molecule has 0 saturated carbocycles. The van der Waals surface area contributed by atoms with Gasteiger partial charge >= 0.3 is 0 Å². The van der Waals surface area contributed by atoms with Crippen molar-refractivity contribution in [2.75, 3.05) is 12.3 Å². The summed E-state index contributed by atoms with van der Waals surface area (Å²) in [6.45, 7) is 2.38. The molecule has 3 rings (SSSR count). The summed E-state index contributed by atoms with van der Waals surface area (Å²) in [6.07, 6.45) is 0. The topological polar surface area (TPSA) is 68.0 Å². The molecular weight excluding hydrogens is 322 g/mol. The number of benzene rings is 2. The second-order valence-corrected chi connectivity index (χ2v) is 6.31. The Morgan fingerprint density at radius 3 is 2.54 bits per heavy atom. The fraction of sp³-hybridized carbons (Fsp3) is 0.167. The molecule has 1 amide bonds. The van der Waals surface area contributed by atoms with Crippen LogP contribution in [-0.4, -0.2) is 28.3 Å². The molecule has 0 aliphatic rings. The van der Waals surface area contributed by atoms with E-state index >= 15 is 0 Å². The highest BCUT2D eigenvalue weighted by Gasteiger charge is 2.09. The van der Waals surface area contributed by atoms with Gasteiger partial charge in [-0.15, -0.1) is 11.8 Å². The SMILES string of the molecule is Cc1noc(-c2ccc(C(=O)NCCSc3ccccc3)cc2)n1. The highest BCUT2D eigenvalue weighted by molar-refractivity contribution is 7.99. The number of nitrogens with one attached hydrogen (secondary N) is 1. The minimum absolute atomic E-state index is 0.0862. The number of carbonyl (C=O) groups is 1. The van der Waals surface area contributed by atoms with Crippen LogP contribution in [0.4, 0.5) is 0 Å². The molecule has 0 radical (unpaired) electrons. The number of carbonyl (C=O) groups excluding carboxylic acids is 1. The molecule has 0 spiro atoms. The third-order valence-corrected chi connectivity index (χ3v) is 4.33. The van der Waals surface area contributed by atoms with Crippen LogP contribution in [-0.2, 0) is 0 Å². The lowest BCUT2D eigenvalue weighted by Crippen LogP contribution is -2.25. The average molecular weight is 339 g/mol. The molecule has 0 aliphatic heterocycles. The van der Waals surface area contributed by atoms with Crippen LogP contribution in [0.5, 0.6) is 0 Å². The zero-order chi connectivity index (χ0) is 16.8. The molecule has 0 atom stereocenters. The maximum Gasteiger partial charge on any atom is 0.257 e. The first-order chi connectivity index (χ1) is 11.7. The van der Waals surface area contributed by atoms with E-state index in [1.54, 1.807) is 43.0 Å². The van der Waals surface area contributed by atoms with Gasteiger partial charge < -0.3 is 9.84 Å². The molecule has 1 N–H and O–H groups in total. The van der Waals surface area contributed by atoms with Gasteiger partial charge in [0.2, 0.25) is 0 Å². The predicted molar refractivity (Wildman–Crippen MR) is 94.0 cm³/mol. The molecule has 2 aromatic carbocycles. The summed E-state index contributed by atoms with van der Waals surface area (Å²) in [5.74, 6) is 1.79. The zero-order valence-corrected chi connectivity index (χ0v) is 14.0. The van der Waals surface area contributed by atoms with Crippen molar-refractivity contribution in [3.8, 4) is 11.5 Å². The summed E-state index contributed by atoms with van der Waals surface area (Å²) in [7, 11) is 0. The summed E-state index contributed by atoms with van der Waals surface area (Å²) in [5, 5.41) is 6.68. The van der Waals surface area contributed by atoms with Gasteiger partial charge in [0.25, 0.3) is 11.8 Å². The molecule has 3 aromatic rings. The fourth-order valence-electron chi connectivity index (χ4n) is 2.13. The molecule has 0 fully saturated rings. The van der Waals surface area contributed by atoms with E-state index < -0.39 is 0 Å². The number of amides is 1. The van der Waals surface area contributed by atoms with Crippen molar-refractivity contribution in [3.05, 3.63) is 66.0 Å². The normalized spacial score (nSPS) is 10.5. The predicted octanol–water partition coefficient (Wildman–Crippen LogP) is 3.57. The van der Waals surface area contributed by atoms with Crippen molar-refractivity contribution in [2.24, 2.45) is 0 Å². The van der Waals surface area contributed by atoms with Gasteiger partial charge in [-0.2, -0.15) is 4.98 Å². The average Bonchev–Trinajstić information content (AvgIpc) is 3.06. The molecule has 24 heavy (non-hydrogen) atoms. The highest BCUT2D eigenvalue weighted by Crippen LogP contribution is 2.18. The van der Waals surface area contributed by atoms with E-state index in [1.807, 2.05) is 18.2 Å². The van der Waals surface area contributed by atoms with Crippen LogP contribution in [0.2, 0.25) is 0 Å². The quantitative estimate of drug-likeness (QED) is 0.549. The Labute approximate surface area is 144 Å². The van der Waals surface area contributed by atoms with Crippen molar-refractivity contribution >= 4 is 17.7 Å². The number of hydrogen-bond donors (Lipinski definition) is 1. The van der Waals surface area contributed by atoms with Crippen LogP contribution < -0.4 is 5.32 Å². The first-order valence-electron chi connectivity index (χ1n) is 7.59. The summed E-state index contributed by atoms with van der Waals surface area (Å²) in [5.41, 5.74) is 1.41. The van der Waals surface area contributed by atoms with E-state index in [4.69, 9.17) is 4.52 Å². The van der Waals surface area contributed by atoms with Crippen molar-refractivity contribution in [1.82, 2.24) is 15.5 Å². The minimum Gasteiger partial charge on any atom is -0.351 e. The molecule has 0 unspecified atom stereocenters. The molecule has 0 bridgehead atoms. The van der Waals surface area contributed by atoms with Crippen molar-refractivity contribution in [1.29, 1.82) is 0 Å². The summed E-state index contributed by atoms with van der Waals surface area (Å²) < 4.78 is 5.11. The molecule has 1 heterocycles. The Morgan fingerprint density at radius 1 is 1.12 bits per heavy atom. The second kappa shape index (κ2) is 7.79. The maximum atomic E-state index is 12.1. The highest BCUT2D eigenvalue weighted by atomic mass is 32.2. The third kappa shape index (κ3) is 4.23. The van der Waals surface area contributed by atoms with Crippen molar-refractivity contribution in [3.63, 3.8) is 0 Å². The first-order valence-corrected chi connectivity index (χ1v) is 8.58. The van der Waals surface area contributed by atoms with E-state index in [0.717, 1.165) is 11.3 Å². The lowest BCUT2D eigenvalue weighted by Gasteiger charge is -2.05. The Morgan fingerprint density at radius 2 is 1.88 bits per heavy atom. The van der Waals surface area contributed by atoms with Gasteiger partial charge in [0.05, 0.1) is 0 Å². The number of aromatic nitrogens is 2. The maximum absolute atomic E-state index is 12.1. The monoisotopic (exact) mass is 339 g/mol. The molecule has 6 heteroatoms. The Bertz CT molecular complexity index is 801. The largest absolute Gasteiger partial charge is 0.351 e. The van der Waals surface area contributed by atoms with Crippen LogP contribution in [0, 0.1) is 6.92 Å². The number of thioether (sulfide) groups is 1. The molecular formula is C18H17N3O2S. The summed E-state index contributed by atoms with van der Waals surface area (Å²) in [6, 6.07) is 17.3. The van der Waals surface area contributed by atoms with Gasteiger partial charge in [-0.3, -0.25) is 4.79 Å².